The highest BCUT2D eigenvalue weighted by molar-refractivity contribution is 6.31. The van der Waals surface area contributed by atoms with Gasteiger partial charge in [0.2, 0.25) is 11.8 Å². The molecule has 2 aromatic carbocycles. The Balaban J connectivity index is 1.68. The molecule has 1 fully saturated rings. The van der Waals surface area contributed by atoms with E-state index in [9.17, 15) is 9.59 Å². The van der Waals surface area contributed by atoms with Gasteiger partial charge in [0.25, 0.3) is 0 Å². The average molecular weight is 440 g/mol. The molecule has 31 heavy (non-hydrogen) atoms. The Bertz CT molecular complexity index is 946. The summed E-state index contributed by atoms with van der Waals surface area (Å²) in [5.74, 6) is 0.441. The molecule has 0 aromatic heterocycles. The van der Waals surface area contributed by atoms with Crippen molar-refractivity contribution in [2.45, 2.75) is 33.1 Å². The number of hydrogen-bond donors (Lipinski definition) is 1. The number of rotatable bonds is 6. The smallest absolute Gasteiger partial charge is 0.248 e. The van der Waals surface area contributed by atoms with E-state index in [0.29, 0.717) is 49.2 Å². The van der Waals surface area contributed by atoms with E-state index in [-0.39, 0.29) is 11.8 Å². The quantitative estimate of drug-likeness (QED) is 0.631. The highest BCUT2D eigenvalue weighted by Crippen LogP contribution is 2.30. The lowest BCUT2D eigenvalue weighted by molar-refractivity contribution is -0.131. The van der Waals surface area contributed by atoms with Crippen LogP contribution < -0.4 is 10.2 Å². The van der Waals surface area contributed by atoms with Gasteiger partial charge in [-0.1, -0.05) is 56.6 Å². The van der Waals surface area contributed by atoms with Crippen LogP contribution in [0.3, 0.4) is 0 Å². The summed E-state index contributed by atoms with van der Waals surface area (Å²) in [5.41, 5.74) is 3.83. The molecule has 0 atom stereocenters. The zero-order chi connectivity index (χ0) is 22.4. The molecular formula is C25H30ClN3O2. The summed E-state index contributed by atoms with van der Waals surface area (Å²) in [6, 6.07) is 13.7. The van der Waals surface area contributed by atoms with E-state index >= 15 is 0 Å². The molecule has 0 bridgehead atoms. The highest BCUT2D eigenvalue weighted by atomic mass is 35.5. The minimum Gasteiger partial charge on any atom is -0.366 e. The Kier molecular flexibility index (Phi) is 7.75. The zero-order valence-electron chi connectivity index (χ0n) is 18.4. The number of amides is 2. The lowest BCUT2D eigenvalue weighted by atomic mass is 10.0. The van der Waals surface area contributed by atoms with Crippen molar-refractivity contribution in [3.8, 4) is 0 Å². The Hall–Kier alpha value is -2.79. The van der Waals surface area contributed by atoms with Gasteiger partial charge < -0.3 is 15.1 Å². The first-order valence-electron chi connectivity index (χ1n) is 10.8. The minimum atomic E-state index is -0.212. The molecule has 6 heteroatoms. The maximum atomic E-state index is 12.6. The van der Waals surface area contributed by atoms with Gasteiger partial charge in [0.1, 0.15) is 0 Å². The van der Waals surface area contributed by atoms with Crippen LogP contribution in [-0.2, 0) is 9.59 Å². The van der Waals surface area contributed by atoms with Crippen molar-refractivity contribution >= 4 is 40.9 Å². The molecule has 0 unspecified atom stereocenters. The molecule has 1 aliphatic heterocycles. The fourth-order valence-corrected chi connectivity index (χ4v) is 3.81. The van der Waals surface area contributed by atoms with Gasteiger partial charge in [-0.3, -0.25) is 9.59 Å². The molecule has 2 aromatic rings. The van der Waals surface area contributed by atoms with Crippen molar-refractivity contribution in [3.63, 3.8) is 0 Å². The second-order valence-corrected chi connectivity index (χ2v) is 8.46. The van der Waals surface area contributed by atoms with E-state index in [1.165, 1.54) is 11.6 Å². The fraction of sp³-hybridized carbons (Fsp3) is 0.360. The normalized spacial score (nSPS) is 14.4. The Morgan fingerprint density at radius 3 is 2.35 bits per heavy atom. The third kappa shape index (κ3) is 6.11. The zero-order valence-corrected chi connectivity index (χ0v) is 19.2. The second kappa shape index (κ2) is 10.5. The third-order valence-corrected chi connectivity index (χ3v) is 5.76. The molecule has 0 radical (unpaired) electrons. The minimum absolute atomic E-state index is 0.177. The molecule has 0 spiro atoms. The molecule has 1 aliphatic rings. The van der Waals surface area contributed by atoms with Crippen molar-refractivity contribution in [1.82, 2.24) is 4.90 Å². The van der Waals surface area contributed by atoms with Gasteiger partial charge in [0.15, 0.2) is 0 Å². The summed E-state index contributed by atoms with van der Waals surface area (Å²) in [6.45, 7) is 8.98. The number of benzene rings is 2. The summed E-state index contributed by atoms with van der Waals surface area (Å²) in [6.07, 6.45) is 3.86. The first kappa shape index (κ1) is 22.9. The number of piperazine rings is 1. The topological polar surface area (TPSA) is 52.7 Å². The first-order valence-corrected chi connectivity index (χ1v) is 11.2. The van der Waals surface area contributed by atoms with E-state index in [0.717, 1.165) is 11.3 Å². The molecule has 164 valence electrons. The molecule has 1 heterocycles. The summed E-state index contributed by atoms with van der Waals surface area (Å²) in [7, 11) is 0. The number of anilines is 2. The average Bonchev–Trinajstić information content (AvgIpc) is 2.77. The van der Waals surface area contributed by atoms with Crippen LogP contribution in [0.4, 0.5) is 11.4 Å². The van der Waals surface area contributed by atoms with Crippen LogP contribution in [0.5, 0.6) is 0 Å². The van der Waals surface area contributed by atoms with Crippen molar-refractivity contribution in [2.75, 3.05) is 36.4 Å². The molecule has 0 aliphatic carbocycles. The van der Waals surface area contributed by atoms with Crippen molar-refractivity contribution in [3.05, 3.63) is 64.7 Å². The van der Waals surface area contributed by atoms with Gasteiger partial charge in [-0.25, -0.2) is 0 Å². The van der Waals surface area contributed by atoms with Gasteiger partial charge in [0.05, 0.1) is 11.4 Å². The number of carbonyl (C=O) groups is 2. The lowest BCUT2D eigenvalue weighted by Crippen LogP contribution is -2.48. The predicted molar refractivity (Wildman–Crippen MR) is 129 cm³/mol. The summed E-state index contributed by atoms with van der Waals surface area (Å²) in [5, 5.41) is 3.52. The predicted octanol–water partition coefficient (Wildman–Crippen LogP) is 5.17. The maximum absolute atomic E-state index is 12.6. The van der Waals surface area contributed by atoms with E-state index in [1.54, 1.807) is 12.1 Å². The fourth-order valence-electron chi connectivity index (χ4n) is 3.64. The monoisotopic (exact) mass is 439 g/mol. The number of hydrogen-bond acceptors (Lipinski definition) is 3. The molecule has 2 amide bonds. The second-order valence-electron chi connectivity index (χ2n) is 8.03. The van der Waals surface area contributed by atoms with Crippen molar-refractivity contribution in [2.24, 2.45) is 0 Å². The molecule has 1 N–H and O–H groups in total. The largest absolute Gasteiger partial charge is 0.366 e. The lowest BCUT2D eigenvalue weighted by Gasteiger charge is -2.37. The standard InChI is InChI=1S/C25H30ClN3O2/c1-4-25(31)29-15-13-28(14-16-29)23-11-10-21(26)17-22(23)27-24(30)12-7-19-5-8-20(9-6-19)18(2)3/h5-12,17-18H,4,13-16H2,1-3H3,(H,27,30). The Labute approximate surface area is 189 Å². The van der Waals surface area contributed by atoms with Crippen LogP contribution in [-0.4, -0.2) is 42.9 Å². The first-order chi connectivity index (χ1) is 14.9. The summed E-state index contributed by atoms with van der Waals surface area (Å²) < 4.78 is 0. The third-order valence-electron chi connectivity index (χ3n) is 5.52. The maximum Gasteiger partial charge on any atom is 0.248 e. The van der Waals surface area contributed by atoms with Crippen LogP contribution in [0.1, 0.15) is 44.2 Å². The van der Waals surface area contributed by atoms with Gasteiger partial charge in [-0.05, 0) is 41.3 Å². The number of carbonyl (C=O) groups excluding carboxylic acids is 2. The van der Waals surface area contributed by atoms with Gasteiger partial charge in [-0.2, -0.15) is 0 Å². The van der Waals surface area contributed by atoms with Gasteiger partial charge >= 0.3 is 0 Å². The number of nitrogens with zero attached hydrogens (tertiary/aromatic N) is 2. The van der Waals surface area contributed by atoms with Crippen molar-refractivity contribution in [1.29, 1.82) is 0 Å². The van der Waals surface area contributed by atoms with Crippen molar-refractivity contribution < 1.29 is 9.59 Å². The molecule has 5 nitrogen and oxygen atoms in total. The summed E-state index contributed by atoms with van der Waals surface area (Å²) in [4.78, 5) is 28.6. The summed E-state index contributed by atoms with van der Waals surface area (Å²) >= 11 is 6.20. The van der Waals surface area contributed by atoms with E-state index < -0.39 is 0 Å². The van der Waals surface area contributed by atoms with E-state index in [4.69, 9.17) is 11.6 Å². The van der Waals surface area contributed by atoms with E-state index in [1.807, 2.05) is 36.1 Å². The van der Waals surface area contributed by atoms with Crippen LogP contribution in [0.25, 0.3) is 6.08 Å². The van der Waals surface area contributed by atoms with Crippen LogP contribution in [0, 0.1) is 0 Å². The SMILES string of the molecule is CCC(=O)N1CCN(c2ccc(Cl)cc2NC(=O)C=Cc2ccc(C(C)C)cc2)CC1. The number of halogens is 1. The van der Waals surface area contributed by atoms with E-state index in [2.05, 4.69) is 36.2 Å². The molecule has 1 saturated heterocycles. The molecule has 0 saturated carbocycles. The molecular weight excluding hydrogens is 410 g/mol. The Morgan fingerprint density at radius 1 is 1.06 bits per heavy atom. The number of nitrogens with one attached hydrogen (secondary N) is 1. The Morgan fingerprint density at radius 2 is 1.74 bits per heavy atom. The highest BCUT2D eigenvalue weighted by Gasteiger charge is 2.22. The van der Waals surface area contributed by atoms with Crippen LogP contribution in [0.15, 0.2) is 48.5 Å². The van der Waals surface area contributed by atoms with Gasteiger partial charge in [0, 0.05) is 43.7 Å². The van der Waals surface area contributed by atoms with Crippen LogP contribution >= 0.6 is 11.6 Å². The van der Waals surface area contributed by atoms with Crippen LogP contribution in [0.2, 0.25) is 5.02 Å². The molecule has 3 rings (SSSR count). The van der Waals surface area contributed by atoms with Gasteiger partial charge in [-0.15, -0.1) is 0 Å².